The highest BCUT2D eigenvalue weighted by atomic mass is 79.9. The Morgan fingerprint density at radius 2 is 2.25 bits per heavy atom. The maximum absolute atomic E-state index is 11.8. The van der Waals surface area contributed by atoms with Crippen LogP contribution in [0.15, 0.2) is 16.6 Å². The maximum atomic E-state index is 11.8. The highest BCUT2D eigenvalue weighted by Gasteiger charge is 2.26. The van der Waals surface area contributed by atoms with Crippen LogP contribution in [-0.2, 0) is 4.79 Å². The van der Waals surface area contributed by atoms with E-state index in [0.29, 0.717) is 22.9 Å². The van der Waals surface area contributed by atoms with E-state index in [-0.39, 0.29) is 12.0 Å². The van der Waals surface area contributed by atoms with Crippen LogP contribution in [0.25, 0.3) is 0 Å². The minimum atomic E-state index is -0.131. The Labute approximate surface area is 107 Å². The first-order valence-electron chi connectivity index (χ1n) is 4.91. The van der Waals surface area contributed by atoms with Gasteiger partial charge in [0.2, 0.25) is 5.91 Å². The number of amides is 1. The molecule has 1 atom stereocenters. The van der Waals surface area contributed by atoms with Crippen molar-refractivity contribution < 1.29 is 9.53 Å². The van der Waals surface area contributed by atoms with Crippen molar-refractivity contribution in [2.24, 2.45) is 0 Å². The maximum Gasteiger partial charge on any atom is 0.230 e. The van der Waals surface area contributed by atoms with Crippen molar-refractivity contribution in [2.75, 3.05) is 11.9 Å². The smallest absolute Gasteiger partial charge is 0.230 e. The lowest BCUT2D eigenvalue weighted by atomic mass is 10.2. The Bertz CT molecular complexity index is 450. The standard InChI is InChI=1S/C11H11BrClNO2/c1-6-3-10(15)14(2)9-5-7(13)4-8(12)11(9)16-6/h4-6H,3H2,1-2H3. The van der Waals surface area contributed by atoms with Crippen LogP contribution in [0.1, 0.15) is 13.3 Å². The van der Waals surface area contributed by atoms with Crippen molar-refractivity contribution in [3.05, 3.63) is 21.6 Å². The molecule has 0 saturated heterocycles. The number of anilines is 1. The van der Waals surface area contributed by atoms with Gasteiger partial charge >= 0.3 is 0 Å². The second kappa shape index (κ2) is 4.26. The molecule has 3 nitrogen and oxygen atoms in total. The Morgan fingerprint density at radius 1 is 1.56 bits per heavy atom. The number of rotatable bonds is 0. The molecular weight excluding hydrogens is 293 g/mol. The summed E-state index contributed by atoms with van der Waals surface area (Å²) in [5.74, 6) is 0.700. The third-order valence-corrected chi connectivity index (χ3v) is 3.31. The molecule has 16 heavy (non-hydrogen) atoms. The quantitative estimate of drug-likeness (QED) is 0.736. The topological polar surface area (TPSA) is 29.5 Å². The van der Waals surface area contributed by atoms with Gasteiger partial charge in [0.05, 0.1) is 16.6 Å². The summed E-state index contributed by atoms with van der Waals surface area (Å²) >= 11 is 9.36. The lowest BCUT2D eigenvalue weighted by Crippen LogP contribution is -2.27. The summed E-state index contributed by atoms with van der Waals surface area (Å²) < 4.78 is 6.48. The van der Waals surface area contributed by atoms with Gasteiger partial charge in [0.15, 0.2) is 5.75 Å². The molecule has 0 aliphatic carbocycles. The molecule has 1 aromatic rings. The van der Waals surface area contributed by atoms with Crippen LogP contribution in [0.5, 0.6) is 5.75 Å². The van der Waals surface area contributed by atoms with Gasteiger partial charge in [0, 0.05) is 12.1 Å². The molecule has 1 aromatic carbocycles. The zero-order valence-corrected chi connectivity index (χ0v) is 11.3. The van der Waals surface area contributed by atoms with Gasteiger partial charge in [-0.3, -0.25) is 4.79 Å². The van der Waals surface area contributed by atoms with E-state index in [1.54, 1.807) is 24.1 Å². The normalized spacial score (nSPS) is 20.1. The monoisotopic (exact) mass is 303 g/mol. The molecule has 0 saturated carbocycles. The van der Waals surface area contributed by atoms with E-state index in [1.807, 2.05) is 6.92 Å². The highest BCUT2D eigenvalue weighted by molar-refractivity contribution is 9.10. The third-order valence-electron chi connectivity index (χ3n) is 2.51. The van der Waals surface area contributed by atoms with Gasteiger partial charge < -0.3 is 9.64 Å². The molecule has 0 bridgehead atoms. The number of benzene rings is 1. The van der Waals surface area contributed by atoms with Gasteiger partial charge in [0.25, 0.3) is 0 Å². The predicted octanol–water partition coefficient (Wildman–Crippen LogP) is 3.24. The van der Waals surface area contributed by atoms with Crippen LogP contribution in [0.3, 0.4) is 0 Å². The Kier molecular flexibility index (Phi) is 3.13. The first-order chi connectivity index (χ1) is 7.49. The van der Waals surface area contributed by atoms with Gasteiger partial charge in [-0.05, 0) is 35.0 Å². The number of nitrogens with zero attached hydrogens (tertiary/aromatic N) is 1. The molecule has 1 heterocycles. The van der Waals surface area contributed by atoms with E-state index in [1.165, 1.54) is 0 Å². The predicted molar refractivity (Wildman–Crippen MR) is 67.3 cm³/mol. The van der Waals surface area contributed by atoms with Crippen LogP contribution in [0.2, 0.25) is 5.02 Å². The molecule has 0 radical (unpaired) electrons. The minimum absolute atomic E-state index is 0.0282. The number of fused-ring (bicyclic) bond motifs is 1. The summed E-state index contributed by atoms with van der Waals surface area (Å²) in [5.41, 5.74) is 0.703. The molecule has 86 valence electrons. The molecule has 2 rings (SSSR count). The van der Waals surface area contributed by atoms with Gasteiger partial charge in [0.1, 0.15) is 6.10 Å². The number of hydrogen-bond acceptors (Lipinski definition) is 2. The first kappa shape index (κ1) is 11.7. The summed E-state index contributed by atoms with van der Waals surface area (Å²) in [6.45, 7) is 1.88. The number of hydrogen-bond donors (Lipinski definition) is 0. The lowest BCUT2D eigenvalue weighted by Gasteiger charge is -2.17. The van der Waals surface area contributed by atoms with E-state index >= 15 is 0 Å². The zero-order chi connectivity index (χ0) is 11.9. The molecule has 0 spiro atoms. The Hall–Kier alpha value is -0.740. The van der Waals surface area contributed by atoms with Crippen molar-refractivity contribution in [3.63, 3.8) is 0 Å². The van der Waals surface area contributed by atoms with Crippen LogP contribution in [0.4, 0.5) is 5.69 Å². The first-order valence-corrected chi connectivity index (χ1v) is 6.08. The van der Waals surface area contributed by atoms with Gasteiger partial charge in [-0.15, -0.1) is 0 Å². The SMILES string of the molecule is CC1CC(=O)N(C)c2cc(Cl)cc(Br)c2O1. The number of carbonyl (C=O) groups excluding carboxylic acids is 1. The fourth-order valence-electron chi connectivity index (χ4n) is 1.67. The van der Waals surface area contributed by atoms with Gasteiger partial charge in [-0.1, -0.05) is 11.6 Å². The lowest BCUT2D eigenvalue weighted by molar-refractivity contribution is -0.119. The van der Waals surface area contributed by atoms with Crippen molar-refractivity contribution in [1.82, 2.24) is 0 Å². The van der Waals surface area contributed by atoms with E-state index in [4.69, 9.17) is 16.3 Å². The molecule has 1 unspecified atom stereocenters. The van der Waals surface area contributed by atoms with Crippen molar-refractivity contribution in [3.8, 4) is 5.75 Å². The molecule has 0 N–H and O–H groups in total. The molecular formula is C11H11BrClNO2. The molecule has 0 fully saturated rings. The zero-order valence-electron chi connectivity index (χ0n) is 8.96. The molecule has 1 aliphatic rings. The summed E-state index contributed by atoms with van der Waals surface area (Å²) in [5, 5.41) is 0.573. The summed E-state index contributed by atoms with van der Waals surface area (Å²) in [6.07, 6.45) is 0.239. The number of halogens is 2. The Morgan fingerprint density at radius 3 is 2.94 bits per heavy atom. The van der Waals surface area contributed by atoms with Crippen LogP contribution < -0.4 is 9.64 Å². The van der Waals surface area contributed by atoms with Gasteiger partial charge in [-0.2, -0.15) is 0 Å². The van der Waals surface area contributed by atoms with Crippen LogP contribution >= 0.6 is 27.5 Å². The fourth-order valence-corrected chi connectivity index (χ4v) is 2.56. The van der Waals surface area contributed by atoms with E-state index in [9.17, 15) is 4.79 Å². The van der Waals surface area contributed by atoms with Crippen LogP contribution in [-0.4, -0.2) is 19.1 Å². The van der Waals surface area contributed by atoms with E-state index in [0.717, 1.165) is 4.47 Å². The third kappa shape index (κ3) is 2.04. The summed E-state index contributed by atoms with van der Waals surface area (Å²) in [4.78, 5) is 13.4. The average Bonchev–Trinajstić information content (AvgIpc) is 2.29. The van der Waals surface area contributed by atoms with E-state index in [2.05, 4.69) is 15.9 Å². The van der Waals surface area contributed by atoms with Gasteiger partial charge in [-0.25, -0.2) is 0 Å². The summed E-state index contributed by atoms with van der Waals surface area (Å²) in [6, 6.07) is 3.49. The van der Waals surface area contributed by atoms with E-state index < -0.39 is 0 Å². The second-order valence-corrected chi connectivity index (χ2v) is 5.11. The summed E-state index contributed by atoms with van der Waals surface area (Å²) in [7, 11) is 1.73. The molecule has 1 aliphatic heterocycles. The molecule has 1 amide bonds. The van der Waals surface area contributed by atoms with Crippen molar-refractivity contribution in [2.45, 2.75) is 19.4 Å². The number of carbonyl (C=O) groups is 1. The van der Waals surface area contributed by atoms with Crippen LogP contribution in [0, 0.1) is 0 Å². The second-order valence-electron chi connectivity index (χ2n) is 3.82. The minimum Gasteiger partial charge on any atom is -0.487 e. The van der Waals surface area contributed by atoms with Crippen molar-refractivity contribution in [1.29, 1.82) is 0 Å². The Balaban J connectivity index is 2.59. The average molecular weight is 305 g/mol. The fraction of sp³-hybridized carbons (Fsp3) is 0.364. The molecule has 0 aromatic heterocycles. The largest absolute Gasteiger partial charge is 0.487 e. The molecule has 5 heteroatoms. The van der Waals surface area contributed by atoms with Crippen molar-refractivity contribution >= 4 is 39.1 Å². The highest BCUT2D eigenvalue weighted by Crippen LogP contribution is 2.40. The number of ether oxygens (including phenoxy) is 1.